The third kappa shape index (κ3) is 4.01. The first-order valence-corrected chi connectivity index (χ1v) is 8.01. The van der Waals surface area contributed by atoms with Gasteiger partial charge in [-0.15, -0.1) is 0 Å². The molecule has 2 nitrogen and oxygen atoms in total. The van der Waals surface area contributed by atoms with E-state index in [0.717, 1.165) is 11.7 Å². The molecule has 0 aliphatic heterocycles. The van der Waals surface area contributed by atoms with E-state index in [1.807, 2.05) is 13.2 Å². The fourth-order valence-electron chi connectivity index (χ4n) is 2.34. The highest BCUT2D eigenvalue weighted by atomic mass is 32.2. The summed E-state index contributed by atoms with van der Waals surface area (Å²) in [6, 6.07) is 11.0. The molecule has 2 unspecified atom stereocenters. The molecule has 0 heterocycles. The average Bonchev–Trinajstić information content (AvgIpc) is 3.15. The molecule has 0 spiro atoms. The van der Waals surface area contributed by atoms with E-state index in [2.05, 4.69) is 35.6 Å². The van der Waals surface area contributed by atoms with Crippen LogP contribution in [0.5, 0.6) is 0 Å². The molecule has 2 atom stereocenters. The molecule has 3 heteroatoms. The van der Waals surface area contributed by atoms with Gasteiger partial charge in [-0.1, -0.05) is 30.3 Å². The van der Waals surface area contributed by atoms with Crippen LogP contribution in [0.1, 0.15) is 31.4 Å². The quantitative estimate of drug-likeness (QED) is 0.795. The Morgan fingerprint density at radius 3 is 2.61 bits per heavy atom. The minimum absolute atomic E-state index is 0.402. The van der Waals surface area contributed by atoms with Crippen LogP contribution in [0.2, 0.25) is 0 Å². The van der Waals surface area contributed by atoms with Gasteiger partial charge in [-0.25, -0.2) is 0 Å². The van der Waals surface area contributed by atoms with Gasteiger partial charge in [-0.2, -0.15) is 11.8 Å². The van der Waals surface area contributed by atoms with E-state index in [1.54, 1.807) is 11.8 Å². The molecule has 100 valence electrons. The second-order valence-electron chi connectivity index (χ2n) is 5.54. The van der Waals surface area contributed by atoms with Gasteiger partial charge in [-0.3, -0.25) is 0 Å². The third-order valence-electron chi connectivity index (χ3n) is 3.41. The van der Waals surface area contributed by atoms with Gasteiger partial charge in [-0.05, 0) is 37.5 Å². The van der Waals surface area contributed by atoms with Gasteiger partial charge in [0.25, 0.3) is 0 Å². The summed E-state index contributed by atoms with van der Waals surface area (Å²) in [5.41, 5.74) is 0.724. The van der Waals surface area contributed by atoms with Crippen molar-refractivity contribution >= 4 is 11.8 Å². The molecule has 0 radical (unpaired) electrons. The Labute approximate surface area is 114 Å². The smallest absolute Gasteiger partial charge is 0.0833 e. The molecular formula is C15H23NOS. The highest BCUT2D eigenvalue weighted by Gasteiger charge is 2.33. The van der Waals surface area contributed by atoms with Crippen molar-refractivity contribution in [3.63, 3.8) is 0 Å². The Bertz CT molecular complexity index is 362. The Morgan fingerprint density at radius 2 is 2.06 bits per heavy atom. The summed E-state index contributed by atoms with van der Waals surface area (Å²) in [6.45, 7) is 2.56. The fraction of sp³-hybridized carbons (Fsp3) is 0.600. The summed E-state index contributed by atoms with van der Waals surface area (Å²) in [6.07, 6.45) is 4.64. The molecule has 0 aromatic heterocycles. The number of benzene rings is 1. The zero-order chi connectivity index (χ0) is 13.0. The number of thioether (sulfide) groups is 1. The minimum atomic E-state index is -0.624. The summed E-state index contributed by atoms with van der Waals surface area (Å²) in [4.78, 5) is 0. The summed E-state index contributed by atoms with van der Waals surface area (Å²) in [5, 5.41) is 13.8. The normalized spacial score (nSPS) is 20.4. The fourth-order valence-corrected chi connectivity index (χ4v) is 3.06. The minimum Gasteiger partial charge on any atom is -0.388 e. The second-order valence-corrected chi connectivity index (χ2v) is 6.40. The van der Waals surface area contributed by atoms with Crippen molar-refractivity contribution in [2.75, 3.05) is 18.6 Å². The predicted molar refractivity (Wildman–Crippen MR) is 78.9 cm³/mol. The second kappa shape index (κ2) is 6.09. The van der Waals surface area contributed by atoms with Gasteiger partial charge < -0.3 is 10.4 Å². The number of rotatable bonds is 7. The maximum atomic E-state index is 10.2. The molecule has 18 heavy (non-hydrogen) atoms. The lowest BCUT2D eigenvalue weighted by Crippen LogP contribution is -2.41. The lowest BCUT2D eigenvalue weighted by molar-refractivity contribution is 0.0804. The molecular weight excluding hydrogens is 242 g/mol. The lowest BCUT2D eigenvalue weighted by Gasteiger charge is -2.27. The molecule has 1 aliphatic carbocycles. The van der Waals surface area contributed by atoms with E-state index in [4.69, 9.17) is 0 Å². The first-order valence-electron chi connectivity index (χ1n) is 6.62. The third-order valence-corrected chi connectivity index (χ3v) is 4.32. The van der Waals surface area contributed by atoms with Gasteiger partial charge in [0.05, 0.1) is 5.60 Å². The van der Waals surface area contributed by atoms with Crippen LogP contribution in [0, 0.1) is 5.92 Å². The van der Waals surface area contributed by atoms with Crippen molar-refractivity contribution in [3.05, 3.63) is 35.9 Å². The van der Waals surface area contributed by atoms with Crippen LogP contribution < -0.4 is 5.32 Å². The summed E-state index contributed by atoms with van der Waals surface area (Å²) in [5.74, 6) is 1.52. The average molecular weight is 265 g/mol. The molecule has 0 saturated heterocycles. The van der Waals surface area contributed by atoms with Crippen molar-refractivity contribution in [1.29, 1.82) is 0 Å². The van der Waals surface area contributed by atoms with Crippen LogP contribution in [0.25, 0.3) is 0 Å². The molecule has 0 amide bonds. The van der Waals surface area contributed by atoms with E-state index in [0.29, 0.717) is 12.6 Å². The molecule has 1 aliphatic rings. The van der Waals surface area contributed by atoms with E-state index in [1.165, 1.54) is 18.4 Å². The first-order chi connectivity index (χ1) is 8.62. The predicted octanol–water partition coefficient (Wildman–Crippen LogP) is 2.84. The monoisotopic (exact) mass is 265 g/mol. The topological polar surface area (TPSA) is 32.3 Å². The van der Waals surface area contributed by atoms with Crippen molar-refractivity contribution in [2.24, 2.45) is 5.92 Å². The molecule has 2 rings (SSSR count). The van der Waals surface area contributed by atoms with Crippen LogP contribution in [-0.2, 0) is 0 Å². The standard InChI is InChI=1S/C15H23NOS/c1-15(17,11-18-2)10-16-14(13-8-9-13)12-6-4-3-5-7-12/h3-7,13-14,16-17H,8-11H2,1-2H3. The molecule has 2 N–H and O–H groups in total. The van der Waals surface area contributed by atoms with Crippen LogP contribution in [-0.4, -0.2) is 29.3 Å². The maximum absolute atomic E-state index is 10.2. The number of hydrogen-bond acceptors (Lipinski definition) is 3. The largest absolute Gasteiger partial charge is 0.388 e. The van der Waals surface area contributed by atoms with Gasteiger partial charge in [0.2, 0.25) is 0 Å². The molecule has 1 aromatic carbocycles. The molecule has 1 saturated carbocycles. The molecule has 0 bridgehead atoms. The Balaban J connectivity index is 1.96. The van der Waals surface area contributed by atoms with E-state index in [9.17, 15) is 5.11 Å². The Hall–Kier alpha value is -0.510. The van der Waals surface area contributed by atoms with Crippen molar-refractivity contribution in [2.45, 2.75) is 31.4 Å². The van der Waals surface area contributed by atoms with Gasteiger partial charge in [0, 0.05) is 18.3 Å². The SMILES string of the molecule is CSCC(C)(O)CNC(c1ccccc1)C1CC1. The summed E-state index contributed by atoms with van der Waals surface area (Å²) < 4.78 is 0. The first kappa shape index (κ1) is 13.9. The highest BCUT2D eigenvalue weighted by molar-refractivity contribution is 7.98. The summed E-state index contributed by atoms with van der Waals surface area (Å²) >= 11 is 1.69. The van der Waals surface area contributed by atoms with Crippen LogP contribution in [0.4, 0.5) is 0 Å². The highest BCUT2D eigenvalue weighted by Crippen LogP contribution is 2.41. The Kier molecular flexibility index (Phi) is 4.71. The van der Waals surface area contributed by atoms with Crippen LogP contribution in [0.15, 0.2) is 30.3 Å². The summed E-state index contributed by atoms with van der Waals surface area (Å²) in [7, 11) is 0. The Morgan fingerprint density at radius 1 is 1.39 bits per heavy atom. The van der Waals surface area contributed by atoms with Gasteiger partial charge >= 0.3 is 0 Å². The van der Waals surface area contributed by atoms with Gasteiger partial charge in [0.15, 0.2) is 0 Å². The molecule has 1 fully saturated rings. The molecule has 1 aromatic rings. The zero-order valence-corrected chi connectivity index (χ0v) is 12.0. The van der Waals surface area contributed by atoms with Crippen molar-refractivity contribution < 1.29 is 5.11 Å². The zero-order valence-electron chi connectivity index (χ0n) is 11.2. The van der Waals surface area contributed by atoms with E-state index < -0.39 is 5.60 Å². The maximum Gasteiger partial charge on any atom is 0.0833 e. The van der Waals surface area contributed by atoms with E-state index >= 15 is 0 Å². The van der Waals surface area contributed by atoms with Crippen LogP contribution in [0.3, 0.4) is 0 Å². The van der Waals surface area contributed by atoms with E-state index in [-0.39, 0.29) is 0 Å². The number of aliphatic hydroxyl groups is 1. The number of hydrogen-bond donors (Lipinski definition) is 2. The van der Waals surface area contributed by atoms with Crippen LogP contribution >= 0.6 is 11.8 Å². The van der Waals surface area contributed by atoms with Crippen molar-refractivity contribution in [1.82, 2.24) is 5.32 Å². The van der Waals surface area contributed by atoms with Gasteiger partial charge in [0.1, 0.15) is 0 Å². The number of nitrogens with one attached hydrogen (secondary N) is 1. The van der Waals surface area contributed by atoms with Crippen molar-refractivity contribution in [3.8, 4) is 0 Å². The lowest BCUT2D eigenvalue weighted by atomic mass is 10.0.